The summed E-state index contributed by atoms with van der Waals surface area (Å²) in [4.78, 5) is 2.62. The second kappa shape index (κ2) is 6.27. The number of ether oxygens (including phenoxy) is 1. The summed E-state index contributed by atoms with van der Waals surface area (Å²) in [5.74, 6) is 2.92. The van der Waals surface area contributed by atoms with Crippen LogP contribution in [0.25, 0.3) is 0 Å². The maximum absolute atomic E-state index is 5.85. The van der Waals surface area contributed by atoms with Gasteiger partial charge in [-0.1, -0.05) is 22.0 Å². The minimum Gasteiger partial charge on any atom is -0.492 e. The second-order valence-electron chi connectivity index (χ2n) is 5.95. The van der Waals surface area contributed by atoms with Crippen molar-refractivity contribution in [2.45, 2.75) is 25.7 Å². The Hall–Kier alpha value is -0.540. The number of rotatable bonds is 8. The molecule has 2 saturated carbocycles. The first kappa shape index (κ1) is 13.4. The lowest BCUT2D eigenvalue weighted by Gasteiger charge is -2.22. The second-order valence-corrected chi connectivity index (χ2v) is 6.87. The molecule has 3 rings (SSSR count). The van der Waals surface area contributed by atoms with Crippen molar-refractivity contribution >= 4 is 15.9 Å². The monoisotopic (exact) mass is 323 g/mol. The standard InChI is InChI=1S/C16H22BrNO/c17-15-2-1-3-16(10-15)19-9-8-18(11-13-4-5-13)12-14-6-7-14/h1-3,10,13-14H,4-9,11-12H2. The Morgan fingerprint density at radius 3 is 2.37 bits per heavy atom. The topological polar surface area (TPSA) is 12.5 Å². The van der Waals surface area contributed by atoms with Crippen LogP contribution in [0.4, 0.5) is 0 Å². The van der Waals surface area contributed by atoms with E-state index >= 15 is 0 Å². The van der Waals surface area contributed by atoms with Gasteiger partial charge in [0.1, 0.15) is 12.4 Å². The summed E-state index contributed by atoms with van der Waals surface area (Å²) in [6.07, 6.45) is 5.75. The lowest BCUT2D eigenvalue weighted by atomic mass is 10.3. The van der Waals surface area contributed by atoms with Gasteiger partial charge in [0, 0.05) is 24.1 Å². The Balaban J connectivity index is 1.42. The maximum atomic E-state index is 5.85. The van der Waals surface area contributed by atoms with E-state index in [0.717, 1.165) is 35.2 Å². The average molecular weight is 324 g/mol. The van der Waals surface area contributed by atoms with Crippen molar-refractivity contribution in [3.8, 4) is 5.75 Å². The average Bonchev–Trinajstić information content (AvgIpc) is 3.25. The molecule has 0 radical (unpaired) electrons. The molecule has 3 heteroatoms. The van der Waals surface area contributed by atoms with Gasteiger partial charge in [-0.3, -0.25) is 4.90 Å². The number of hydrogen-bond acceptors (Lipinski definition) is 2. The predicted octanol–water partition coefficient (Wildman–Crippen LogP) is 3.95. The zero-order valence-electron chi connectivity index (χ0n) is 11.4. The molecule has 0 aromatic heterocycles. The molecule has 1 aromatic rings. The molecule has 1 aromatic carbocycles. The van der Waals surface area contributed by atoms with Crippen LogP contribution in [0.3, 0.4) is 0 Å². The van der Waals surface area contributed by atoms with Crippen molar-refractivity contribution in [1.29, 1.82) is 0 Å². The number of hydrogen-bond donors (Lipinski definition) is 0. The highest BCUT2D eigenvalue weighted by Crippen LogP contribution is 2.33. The zero-order chi connectivity index (χ0) is 13.1. The summed E-state index contributed by atoms with van der Waals surface area (Å²) in [5, 5.41) is 0. The summed E-state index contributed by atoms with van der Waals surface area (Å²) in [6.45, 7) is 4.45. The van der Waals surface area contributed by atoms with Gasteiger partial charge in [0.25, 0.3) is 0 Å². The summed E-state index contributed by atoms with van der Waals surface area (Å²) in [5.41, 5.74) is 0. The fourth-order valence-corrected chi connectivity index (χ4v) is 2.82. The van der Waals surface area contributed by atoms with E-state index in [0.29, 0.717) is 0 Å². The smallest absolute Gasteiger partial charge is 0.120 e. The summed E-state index contributed by atoms with van der Waals surface area (Å²) < 4.78 is 6.93. The lowest BCUT2D eigenvalue weighted by Crippen LogP contribution is -2.32. The van der Waals surface area contributed by atoms with Crippen LogP contribution >= 0.6 is 15.9 Å². The van der Waals surface area contributed by atoms with E-state index in [1.165, 1.54) is 38.8 Å². The molecule has 2 aliphatic carbocycles. The van der Waals surface area contributed by atoms with Gasteiger partial charge in [-0.15, -0.1) is 0 Å². The quantitative estimate of drug-likeness (QED) is 0.718. The van der Waals surface area contributed by atoms with Gasteiger partial charge in [0.15, 0.2) is 0 Å². The molecule has 0 atom stereocenters. The van der Waals surface area contributed by atoms with E-state index in [1.807, 2.05) is 24.3 Å². The van der Waals surface area contributed by atoms with Crippen molar-refractivity contribution in [3.05, 3.63) is 28.7 Å². The van der Waals surface area contributed by atoms with Gasteiger partial charge in [0.2, 0.25) is 0 Å². The molecule has 0 aliphatic heterocycles. The van der Waals surface area contributed by atoms with E-state index in [-0.39, 0.29) is 0 Å². The number of halogens is 1. The van der Waals surface area contributed by atoms with Crippen molar-refractivity contribution in [2.24, 2.45) is 11.8 Å². The van der Waals surface area contributed by atoms with Gasteiger partial charge < -0.3 is 4.74 Å². The molecular formula is C16H22BrNO. The van der Waals surface area contributed by atoms with Crippen LogP contribution in [0.5, 0.6) is 5.75 Å². The molecule has 104 valence electrons. The third-order valence-electron chi connectivity index (χ3n) is 3.90. The van der Waals surface area contributed by atoms with Crippen LogP contribution in [-0.4, -0.2) is 31.1 Å². The molecule has 0 amide bonds. The van der Waals surface area contributed by atoms with Crippen LogP contribution < -0.4 is 4.74 Å². The molecule has 0 unspecified atom stereocenters. The minimum absolute atomic E-state index is 0.801. The molecule has 0 bridgehead atoms. The largest absolute Gasteiger partial charge is 0.492 e. The molecular weight excluding hydrogens is 302 g/mol. The van der Waals surface area contributed by atoms with Crippen molar-refractivity contribution in [3.63, 3.8) is 0 Å². The third kappa shape index (κ3) is 4.81. The SMILES string of the molecule is Brc1cccc(OCCN(CC2CC2)CC2CC2)c1. The first-order chi connectivity index (χ1) is 9.29. The van der Waals surface area contributed by atoms with Crippen LogP contribution in [-0.2, 0) is 0 Å². The number of benzene rings is 1. The van der Waals surface area contributed by atoms with Crippen LogP contribution in [0.1, 0.15) is 25.7 Å². The van der Waals surface area contributed by atoms with E-state index in [2.05, 4.69) is 20.8 Å². The fourth-order valence-electron chi connectivity index (χ4n) is 2.44. The van der Waals surface area contributed by atoms with E-state index in [1.54, 1.807) is 0 Å². The highest BCUT2D eigenvalue weighted by molar-refractivity contribution is 9.10. The van der Waals surface area contributed by atoms with Gasteiger partial charge in [-0.25, -0.2) is 0 Å². The molecule has 19 heavy (non-hydrogen) atoms. The minimum atomic E-state index is 0.801. The molecule has 0 heterocycles. The zero-order valence-corrected chi connectivity index (χ0v) is 12.9. The molecule has 2 fully saturated rings. The summed E-state index contributed by atoms with van der Waals surface area (Å²) in [7, 11) is 0. The first-order valence-electron chi connectivity index (χ1n) is 7.40. The Kier molecular flexibility index (Phi) is 4.44. The van der Waals surface area contributed by atoms with Gasteiger partial charge in [0.05, 0.1) is 0 Å². The van der Waals surface area contributed by atoms with E-state index in [9.17, 15) is 0 Å². The number of nitrogens with zero attached hydrogens (tertiary/aromatic N) is 1. The maximum Gasteiger partial charge on any atom is 0.120 e. The summed E-state index contributed by atoms with van der Waals surface area (Å²) >= 11 is 3.47. The highest BCUT2D eigenvalue weighted by atomic mass is 79.9. The van der Waals surface area contributed by atoms with E-state index < -0.39 is 0 Å². The highest BCUT2D eigenvalue weighted by Gasteiger charge is 2.28. The van der Waals surface area contributed by atoms with Crippen LogP contribution in [0, 0.1) is 11.8 Å². The predicted molar refractivity (Wildman–Crippen MR) is 81.5 cm³/mol. The third-order valence-corrected chi connectivity index (χ3v) is 4.39. The summed E-state index contributed by atoms with van der Waals surface area (Å²) in [6, 6.07) is 8.11. The van der Waals surface area contributed by atoms with Crippen molar-refractivity contribution < 1.29 is 4.74 Å². The van der Waals surface area contributed by atoms with Gasteiger partial charge in [-0.05, 0) is 55.7 Å². The molecule has 0 spiro atoms. The molecule has 2 nitrogen and oxygen atoms in total. The Bertz CT molecular complexity index is 401. The Labute approximate surface area is 124 Å². The fraction of sp³-hybridized carbons (Fsp3) is 0.625. The molecule has 0 saturated heterocycles. The van der Waals surface area contributed by atoms with E-state index in [4.69, 9.17) is 4.74 Å². The van der Waals surface area contributed by atoms with Crippen LogP contribution in [0.2, 0.25) is 0 Å². The van der Waals surface area contributed by atoms with Crippen molar-refractivity contribution in [1.82, 2.24) is 4.90 Å². The lowest BCUT2D eigenvalue weighted by molar-refractivity contribution is 0.197. The molecule has 2 aliphatic rings. The Morgan fingerprint density at radius 2 is 1.79 bits per heavy atom. The van der Waals surface area contributed by atoms with Gasteiger partial charge in [-0.2, -0.15) is 0 Å². The Morgan fingerprint density at radius 1 is 1.11 bits per heavy atom. The molecule has 0 N–H and O–H groups in total. The normalized spacial score (nSPS) is 18.8. The van der Waals surface area contributed by atoms with Gasteiger partial charge >= 0.3 is 0 Å². The van der Waals surface area contributed by atoms with Crippen molar-refractivity contribution in [2.75, 3.05) is 26.2 Å². The van der Waals surface area contributed by atoms with Crippen LogP contribution in [0.15, 0.2) is 28.7 Å². The first-order valence-corrected chi connectivity index (χ1v) is 8.19.